The quantitative estimate of drug-likeness (QED) is 0.0117. The van der Waals surface area contributed by atoms with Crippen LogP contribution < -0.4 is 31.6 Å². The normalized spacial score (nSPS) is 13.3. The number of carbonyl (C=O) groups excluding carboxylic acids is 4. The third kappa shape index (κ3) is 20.6. The van der Waals surface area contributed by atoms with Crippen LogP contribution in [-0.2, 0) is 89.0 Å². The van der Waals surface area contributed by atoms with Crippen molar-refractivity contribution in [2.24, 2.45) is 5.92 Å². The molecule has 6 aromatic rings. The van der Waals surface area contributed by atoms with E-state index in [0.29, 0.717) is 0 Å². The van der Waals surface area contributed by atoms with E-state index in [-0.39, 0.29) is 115 Å². The number of anilines is 1. The molecule has 0 spiro atoms. The lowest BCUT2D eigenvalue weighted by Gasteiger charge is -2.30. The molecule has 0 saturated heterocycles. The molecule has 0 radical (unpaired) electrons. The number of hydrogen-bond acceptors (Lipinski definition) is 16. The molecule has 4 aromatic carbocycles. The number of fused-ring (bicyclic) bond motifs is 1. The molecule has 0 aliphatic heterocycles. The highest BCUT2D eigenvalue weighted by atomic mass is 31.2. The summed E-state index contributed by atoms with van der Waals surface area (Å²) in [4.78, 5) is 78.4. The monoisotopic (exact) mass is 1160 g/mol. The Bertz CT molecular complexity index is 2770. The van der Waals surface area contributed by atoms with Crippen LogP contribution in [0.5, 0.6) is 0 Å². The maximum absolute atomic E-state index is 15.5. The number of nitrogens with two attached hydrogens (primary N) is 1. The fourth-order valence-electron chi connectivity index (χ4n) is 8.86. The zero-order valence-corrected chi connectivity index (χ0v) is 48.0. The van der Waals surface area contributed by atoms with Gasteiger partial charge in [-0.3, -0.25) is 38.1 Å². The largest absolute Gasteiger partial charge is 0.465 e. The molecular weight excluding hydrogens is 1080 g/mol. The highest BCUT2D eigenvalue weighted by molar-refractivity contribution is 7.60. The fraction of sp³-hybridized carbons (Fsp3) is 0.421. The number of imidazole rings is 1. The first kappa shape index (κ1) is 63.3. The van der Waals surface area contributed by atoms with Crippen molar-refractivity contribution >= 4 is 55.9 Å². The summed E-state index contributed by atoms with van der Waals surface area (Å²) < 4.78 is 67.0. The Morgan fingerprint density at radius 2 is 0.864 bits per heavy atom. The lowest BCUT2D eigenvalue weighted by molar-refractivity contribution is -0.146. The van der Waals surface area contributed by atoms with E-state index in [4.69, 9.17) is 34.2 Å². The van der Waals surface area contributed by atoms with Crippen molar-refractivity contribution in [3.63, 3.8) is 0 Å². The number of hydrogen-bond donors (Lipinski definition) is 6. The van der Waals surface area contributed by atoms with E-state index in [1.54, 1.807) is 32.3 Å². The summed E-state index contributed by atoms with van der Waals surface area (Å²) in [5.41, 5.74) is 8.72. The number of nitrogen functional groups attached to an aromatic ring is 1. The topological polar surface area (TPSA) is 296 Å². The first-order chi connectivity index (χ1) is 39.1. The Kier molecular flexibility index (Phi) is 25.4. The summed E-state index contributed by atoms with van der Waals surface area (Å²) in [6.07, 6.45) is 1.41. The van der Waals surface area contributed by atoms with Gasteiger partial charge in [0, 0.05) is 12.5 Å². The van der Waals surface area contributed by atoms with E-state index in [1.807, 2.05) is 121 Å². The van der Waals surface area contributed by atoms with Gasteiger partial charge in [0.15, 0.2) is 11.2 Å². The second-order valence-corrected chi connectivity index (χ2v) is 23.8. The average molecular weight is 1160 g/mol. The van der Waals surface area contributed by atoms with Gasteiger partial charge in [-0.25, -0.2) is 25.3 Å². The van der Waals surface area contributed by atoms with Crippen LogP contribution in [0.4, 0.5) is 5.95 Å². The number of esters is 4. The zero-order valence-electron chi connectivity index (χ0n) is 46.2. The van der Waals surface area contributed by atoms with Gasteiger partial charge in [-0.15, -0.1) is 0 Å². The molecule has 7 N–H and O–H groups in total. The van der Waals surface area contributed by atoms with Crippen molar-refractivity contribution in [2.45, 2.75) is 84.1 Å². The van der Waals surface area contributed by atoms with Crippen LogP contribution in [-0.4, -0.2) is 133 Å². The molecule has 81 heavy (non-hydrogen) atoms. The van der Waals surface area contributed by atoms with Gasteiger partial charge in [0.2, 0.25) is 20.8 Å². The molecule has 0 aliphatic rings. The Hall–Kier alpha value is -6.87. The number of benzene rings is 4. The van der Waals surface area contributed by atoms with Crippen LogP contribution >= 0.6 is 14.9 Å². The van der Waals surface area contributed by atoms with Crippen molar-refractivity contribution in [2.75, 3.05) is 70.9 Å². The third-order valence-corrected chi connectivity index (χ3v) is 17.2. The van der Waals surface area contributed by atoms with E-state index in [9.17, 15) is 24.0 Å². The predicted molar refractivity (Wildman–Crippen MR) is 307 cm³/mol. The Morgan fingerprint density at radius 3 is 1.17 bits per heavy atom. The van der Waals surface area contributed by atoms with Gasteiger partial charge in [0.1, 0.15) is 24.2 Å². The highest BCUT2D eigenvalue weighted by Crippen LogP contribution is 2.40. The lowest BCUT2D eigenvalue weighted by atomic mass is 10.1. The minimum atomic E-state index is -4.00. The van der Waals surface area contributed by atoms with Crippen molar-refractivity contribution in [3.05, 3.63) is 160 Å². The molecule has 24 heteroatoms. The second kappa shape index (κ2) is 32.5. The molecule has 0 fully saturated rings. The zero-order chi connectivity index (χ0) is 58.0. The molecule has 0 saturated carbocycles. The molecule has 436 valence electrons. The van der Waals surface area contributed by atoms with Crippen LogP contribution in [0.2, 0.25) is 0 Å². The Balaban J connectivity index is 1.27. The first-order valence-corrected chi connectivity index (χ1v) is 30.9. The fourth-order valence-corrected chi connectivity index (χ4v) is 13.1. The highest BCUT2D eigenvalue weighted by Gasteiger charge is 2.37. The van der Waals surface area contributed by atoms with Crippen LogP contribution in [0.3, 0.4) is 0 Å². The molecule has 4 atom stereocenters. The number of nitrogens with zero attached hydrogens (tertiary/aromatic N) is 3. The molecule has 2 heterocycles. The molecule has 0 amide bonds. The van der Waals surface area contributed by atoms with Crippen LogP contribution in [0.25, 0.3) is 11.2 Å². The Labute approximate surface area is 471 Å². The summed E-state index contributed by atoms with van der Waals surface area (Å²) in [5, 5.41) is 12.3. The summed E-state index contributed by atoms with van der Waals surface area (Å²) >= 11 is 0. The molecule has 0 bridgehead atoms. The summed E-state index contributed by atoms with van der Waals surface area (Å²) in [6, 6.07) is 32.2. The van der Waals surface area contributed by atoms with Crippen LogP contribution in [0.1, 0.15) is 49.9 Å². The number of ether oxygens (including phenoxy) is 6. The second-order valence-electron chi connectivity index (χ2n) is 19.0. The van der Waals surface area contributed by atoms with Crippen LogP contribution in [0.15, 0.2) is 132 Å². The predicted octanol–water partition coefficient (Wildman–Crippen LogP) is 5.79. The van der Waals surface area contributed by atoms with Crippen molar-refractivity contribution < 1.29 is 56.7 Å². The maximum atomic E-state index is 15.5. The number of carbonyl (C=O) groups is 4. The first-order valence-electron chi connectivity index (χ1n) is 27.1. The van der Waals surface area contributed by atoms with Gasteiger partial charge in [-0.1, -0.05) is 121 Å². The maximum Gasteiger partial charge on any atom is 0.323 e. The molecule has 0 unspecified atom stereocenters. The minimum Gasteiger partial charge on any atom is -0.465 e. The van der Waals surface area contributed by atoms with E-state index < -0.39 is 74.4 Å². The smallest absolute Gasteiger partial charge is 0.323 e. The van der Waals surface area contributed by atoms with Crippen molar-refractivity contribution in [3.8, 4) is 0 Å². The minimum absolute atomic E-state index is 0.0394. The van der Waals surface area contributed by atoms with Gasteiger partial charge in [-0.2, -0.15) is 4.98 Å². The van der Waals surface area contributed by atoms with Gasteiger partial charge >= 0.3 is 23.9 Å². The van der Waals surface area contributed by atoms with Crippen LogP contribution in [0, 0.1) is 5.92 Å². The van der Waals surface area contributed by atoms with Gasteiger partial charge in [0.05, 0.1) is 71.5 Å². The summed E-state index contributed by atoms with van der Waals surface area (Å²) in [5.74, 6) is -3.28. The number of nitrogens with one attached hydrogen (secondary N) is 5. The number of aromatic nitrogens is 4. The standard InChI is InChI=1S/C57H75N9O13P2/c1-5-76-53(68)46(33-41-21-13-9-14-22-41)62-80(72,63-47(54(69)77-6-2)34-42-23-15-10-16-24-42)31-29-74-38-45(37-66-40-59-50-51(66)60-57(58)61-52(50)67)39-75-30-32-81(73,64-48(55(70)78-7-3)35-43-25-17-11-18-26-43)65-49(56(71)79-8-4)36-44-27-19-12-20-28-44/h9-28,40,45-49H,5-8,29-39H2,1-4H3,(H2,62,63,72)(H2,64,65,73)(H3,58,60,61,67)/t46-,47-,48-,49-/m0/s1. The van der Waals surface area contributed by atoms with E-state index in [0.717, 1.165) is 22.3 Å². The molecule has 0 aliphatic carbocycles. The van der Waals surface area contributed by atoms with Crippen molar-refractivity contribution in [1.29, 1.82) is 0 Å². The Morgan fingerprint density at radius 1 is 0.543 bits per heavy atom. The molecular formula is C57H75N9O13P2. The summed E-state index contributed by atoms with van der Waals surface area (Å²) in [7, 11) is -8.01. The number of aromatic amines is 1. The van der Waals surface area contributed by atoms with Gasteiger partial charge in [0.25, 0.3) is 5.56 Å². The third-order valence-electron chi connectivity index (χ3n) is 12.6. The van der Waals surface area contributed by atoms with E-state index >= 15 is 9.13 Å². The number of H-pyrrole nitrogens is 1. The van der Waals surface area contributed by atoms with E-state index in [2.05, 4.69) is 35.3 Å². The number of rotatable bonds is 36. The molecule has 2 aromatic heterocycles. The SMILES string of the molecule is CCOC(=O)[C@H](Cc1ccccc1)NP(=O)(CCOCC(COCCP(=O)(N[C@@H](Cc1ccccc1)C(=O)OCC)N[C@@H](Cc1ccccc1)C(=O)OCC)Cn1cnc2c(=O)[nH]c(N)nc21)N[C@@H](Cc1ccccc1)C(=O)OCC. The lowest BCUT2D eigenvalue weighted by Crippen LogP contribution is -2.46. The summed E-state index contributed by atoms with van der Waals surface area (Å²) in [6.45, 7) is 6.56. The average Bonchev–Trinajstić information content (AvgIpc) is 4.12. The van der Waals surface area contributed by atoms with Crippen molar-refractivity contribution in [1.82, 2.24) is 39.9 Å². The van der Waals surface area contributed by atoms with Gasteiger partial charge in [-0.05, 0) is 75.6 Å². The molecule has 22 nitrogen and oxygen atoms in total. The molecule has 6 rings (SSSR count). The van der Waals surface area contributed by atoms with E-state index in [1.165, 1.54) is 6.33 Å². The van der Waals surface area contributed by atoms with Gasteiger partial charge < -0.3 is 38.7 Å².